The van der Waals surface area contributed by atoms with Crippen LogP contribution in [0.15, 0.2) is 164 Å². The summed E-state index contributed by atoms with van der Waals surface area (Å²) in [4.78, 5) is 0. The lowest BCUT2D eigenvalue weighted by molar-refractivity contribution is 0.383. The van der Waals surface area contributed by atoms with Gasteiger partial charge < -0.3 is 10.6 Å². The maximum Gasteiger partial charge on any atom is 0.0390 e. The molecule has 13 rings (SSSR count). The molecular weight excluding hydrogens is 701 g/mol. The van der Waals surface area contributed by atoms with Gasteiger partial charge in [-0.1, -0.05) is 115 Å². The molecule has 7 aromatic rings. The average molecular weight is 749 g/mol. The Hall–Kier alpha value is -5.86. The van der Waals surface area contributed by atoms with Gasteiger partial charge in [-0.3, -0.25) is 0 Å². The predicted molar refractivity (Wildman–Crippen MR) is 239 cm³/mol. The highest BCUT2D eigenvalue weighted by molar-refractivity contribution is 5.87. The third kappa shape index (κ3) is 4.44. The molecule has 0 radical (unpaired) electrons. The molecule has 2 heteroatoms. The van der Waals surface area contributed by atoms with E-state index in [1.54, 1.807) is 22.3 Å². The van der Waals surface area contributed by atoms with Crippen molar-refractivity contribution in [2.75, 3.05) is 10.6 Å². The van der Waals surface area contributed by atoms with E-state index in [1.807, 2.05) is 0 Å². The van der Waals surface area contributed by atoms with Gasteiger partial charge in [-0.25, -0.2) is 0 Å². The number of benzene rings is 7. The van der Waals surface area contributed by atoms with Crippen LogP contribution in [0.2, 0.25) is 0 Å². The van der Waals surface area contributed by atoms with Gasteiger partial charge in [0.1, 0.15) is 0 Å². The summed E-state index contributed by atoms with van der Waals surface area (Å²) in [6.45, 7) is 0. The quantitative estimate of drug-likeness (QED) is 0.177. The average Bonchev–Trinajstić information content (AvgIpc) is 4.13. The summed E-state index contributed by atoms with van der Waals surface area (Å²) < 4.78 is 0. The third-order valence-corrected chi connectivity index (χ3v) is 16.2. The van der Waals surface area contributed by atoms with E-state index in [0.29, 0.717) is 17.8 Å². The lowest BCUT2D eigenvalue weighted by Gasteiger charge is -2.34. The minimum Gasteiger partial charge on any atom is -0.356 e. The maximum absolute atomic E-state index is 3.84. The monoisotopic (exact) mass is 748 g/mol. The Kier molecular flexibility index (Phi) is 7.04. The van der Waals surface area contributed by atoms with Crippen LogP contribution < -0.4 is 10.6 Å². The van der Waals surface area contributed by atoms with E-state index >= 15 is 0 Å². The summed E-state index contributed by atoms with van der Waals surface area (Å²) in [6.07, 6.45) is 9.40. The molecule has 0 saturated heterocycles. The molecule has 0 heterocycles. The van der Waals surface area contributed by atoms with Gasteiger partial charge in [-0.15, -0.1) is 0 Å². The molecule has 4 unspecified atom stereocenters. The summed E-state index contributed by atoms with van der Waals surface area (Å²) in [5.41, 5.74) is 21.0. The first-order valence-electron chi connectivity index (χ1n) is 22.0. The van der Waals surface area contributed by atoms with Gasteiger partial charge in [-0.05, 0) is 184 Å². The van der Waals surface area contributed by atoms with Crippen LogP contribution in [0.5, 0.6) is 0 Å². The summed E-state index contributed by atoms with van der Waals surface area (Å²) in [5, 5.41) is 7.61. The van der Waals surface area contributed by atoms with Crippen molar-refractivity contribution >= 4 is 22.7 Å². The van der Waals surface area contributed by atoms with Crippen molar-refractivity contribution in [3.8, 4) is 33.4 Å². The van der Waals surface area contributed by atoms with Gasteiger partial charge in [-0.2, -0.15) is 0 Å². The van der Waals surface area contributed by atoms with E-state index in [4.69, 9.17) is 0 Å². The molecule has 6 aliphatic carbocycles. The molecule has 2 spiro atoms. The van der Waals surface area contributed by atoms with Crippen LogP contribution in [0.3, 0.4) is 0 Å². The Labute approximate surface area is 342 Å². The molecule has 4 saturated carbocycles. The second kappa shape index (κ2) is 12.3. The van der Waals surface area contributed by atoms with Crippen LogP contribution in [-0.2, 0) is 10.8 Å². The molecular formula is C56H48N2. The molecule has 0 aliphatic heterocycles. The second-order valence-electron chi connectivity index (χ2n) is 18.4. The predicted octanol–water partition coefficient (Wildman–Crippen LogP) is 14.4. The molecule has 2 nitrogen and oxygen atoms in total. The molecule has 7 aromatic carbocycles. The zero-order chi connectivity index (χ0) is 38.0. The molecule has 58 heavy (non-hydrogen) atoms. The summed E-state index contributed by atoms with van der Waals surface area (Å²) in [5.74, 6) is 3.39. The van der Waals surface area contributed by atoms with Gasteiger partial charge in [0.25, 0.3) is 0 Å². The minimum atomic E-state index is 0.0795. The van der Waals surface area contributed by atoms with E-state index < -0.39 is 0 Å². The Balaban J connectivity index is 0.789. The molecule has 2 N–H and O–H groups in total. The molecule has 282 valence electrons. The molecule has 4 atom stereocenters. The SMILES string of the molecule is c1ccc(-c2cccc(Nc3ccc4c(c3)-c3ccccc3C43C4CCC3C(c3ccc(Nc5ccc6c(c5)-c5ccccc5C65C6CCC5CC6)cc3)C4)c2)cc1. The van der Waals surface area contributed by atoms with Crippen LogP contribution in [0.25, 0.3) is 33.4 Å². The van der Waals surface area contributed by atoms with Crippen LogP contribution in [0.1, 0.15) is 78.7 Å². The van der Waals surface area contributed by atoms with Crippen molar-refractivity contribution in [2.24, 2.45) is 23.7 Å². The van der Waals surface area contributed by atoms with Crippen molar-refractivity contribution in [1.82, 2.24) is 0 Å². The van der Waals surface area contributed by atoms with Crippen molar-refractivity contribution < 1.29 is 0 Å². The number of nitrogens with one attached hydrogen (secondary N) is 2. The molecule has 4 fully saturated rings. The van der Waals surface area contributed by atoms with Gasteiger partial charge in [0, 0.05) is 33.6 Å². The zero-order valence-corrected chi connectivity index (χ0v) is 32.9. The zero-order valence-electron chi connectivity index (χ0n) is 32.9. The Morgan fingerprint density at radius 1 is 0.362 bits per heavy atom. The van der Waals surface area contributed by atoms with Gasteiger partial charge in [0.05, 0.1) is 0 Å². The van der Waals surface area contributed by atoms with Gasteiger partial charge in [0.2, 0.25) is 0 Å². The molecule has 4 bridgehead atoms. The first-order chi connectivity index (χ1) is 28.7. The Morgan fingerprint density at radius 3 is 1.57 bits per heavy atom. The Bertz CT molecular complexity index is 2740. The van der Waals surface area contributed by atoms with Gasteiger partial charge in [0.15, 0.2) is 0 Å². The van der Waals surface area contributed by atoms with Crippen molar-refractivity contribution in [2.45, 2.75) is 61.7 Å². The highest BCUT2D eigenvalue weighted by atomic mass is 14.9. The van der Waals surface area contributed by atoms with Crippen LogP contribution in [0.4, 0.5) is 22.7 Å². The van der Waals surface area contributed by atoms with E-state index in [1.165, 1.54) is 95.3 Å². The first kappa shape index (κ1) is 33.1. The molecule has 6 aliphatic rings. The fraction of sp³-hybridized carbons (Fsp3) is 0.250. The normalized spacial score (nSPS) is 27.5. The fourth-order valence-corrected chi connectivity index (χ4v) is 14.3. The topological polar surface area (TPSA) is 24.1 Å². The largest absolute Gasteiger partial charge is 0.356 e. The van der Waals surface area contributed by atoms with E-state index in [-0.39, 0.29) is 10.8 Å². The van der Waals surface area contributed by atoms with Crippen LogP contribution >= 0.6 is 0 Å². The first-order valence-corrected chi connectivity index (χ1v) is 22.0. The lowest BCUT2D eigenvalue weighted by Crippen LogP contribution is -2.31. The smallest absolute Gasteiger partial charge is 0.0390 e. The van der Waals surface area contributed by atoms with Gasteiger partial charge >= 0.3 is 0 Å². The van der Waals surface area contributed by atoms with Crippen molar-refractivity contribution in [3.05, 3.63) is 192 Å². The third-order valence-electron chi connectivity index (χ3n) is 16.2. The van der Waals surface area contributed by atoms with Crippen molar-refractivity contribution in [3.63, 3.8) is 0 Å². The van der Waals surface area contributed by atoms with Crippen LogP contribution in [-0.4, -0.2) is 0 Å². The number of hydrogen-bond donors (Lipinski definition) is 2. The second-order valence-corrected chi connectivity index (χ2v) is 18.4. The molecule has 0 amide bonds. The van der Waals surface area contributed by atoms with Crippen molar-refractivity contribution in [1.29, 1.82) is 0 Å². The lowest BCUT2D eigenvalue weighted by atomic mass is 9.68. The Morgan fingerprint density at radius 2 is 0.879 bits per heavy atom. The number of anilines is 4. The summed E-state index contributed by atoms with van der Waals surface area (Å²) in [7, 11) is 0. The maximum atomic E-state index is 3.84. The molecule has 0 aromatic heterocycles. The number of rotatable bonds is 6. The number of fused-ring (bicyclic) bond motifs is 6. The highest BCUT2D eigenvalue weighted by Gasteiger charge is 2.63. The summed E-state index contributed by atoms with van der Waals surface area (Å²) >= 11 is 0. The summed E-state index contributed by atoms with van der Waals surface area (Å²) in [6, 6.07) is 62.2. The van der Waals surface area contributed by atoms with Crippen LogP contribution in [0, 0.1) is 23.7 Å². The van der Waals surface area contributed by atoms with E-state index in [9.17, 15) is 0 Å². The number of hydrogen-bond acceptors (Lipinski definition) is 2. The highest BCUT2D eigenvalue weighted by Crippen LogP contribution is 2.72. The van der Waals surface area contributed by atoms with E-state index in [2.05, 4.69) is 174 Å². The van der Waals surface area contributed by atoms with E-state index in [0.717, 1.165) is 23.2 Å². The standard InChI is InChI=1S/C56H48N2/c1-2-9-35(10-3-1)37-11-8-12-42(31-37)58-44-27-30-54-49(34-44)46-14-5-7-16-51(46)56(54)40-23-28-52(56)47(32-40)36-17-24-41(25-18-36)57-43-26-29-53-48(33-43)45-13-4-6-15-50(45)55(53)38-19-20-39(55)22-21-38/h1-18,24-27,29-31,33-34,38-40,47,52,57-58H,19-23,28,32H2. The minimum absolute atomic E-state index is 0.0795. The fourth-order valence-electron chi connectivity index (χ4n) is 14.3.